The number of methoxy groups -OCH3 is 1. The lowest BCUT2D eigenvalue weighted by Gasteiger charge is -2.33. The second kappa shape index (κ2) is 4.83. The van der Waals surface area contributed by atoms with E-state index in [1.807, 2.05) is 0 Å². The molecule has 0 N–H and O–H groups in total. The van der Waals surface area contributed by atoms with Gasteiger partial charge in [0.15, 0.2) is 0 Å². The van der Waals surface area contributed by atoms with E-state index in [4.69, 9.17) is 9.47 Å². The molecule has 0 aromatic rings. The first-order valence-corrected chi connectivity index (χ1v) is 4.88. The van der Waals surface area contributed by atoms with E-state index in [1.54, 1.807) is 7.11 Å². The lowest BCUT2D eigenvalue weighted by atomic mass is 9.87. The van der Waals surface area contributed by atoms with Gasteiger partial charge in [-0.05, 0) is 19.3 Å². The van der Waals surface area contributed by atoms with Crippen LogP contribution < -0.4 is 0 Å². The molecule has 1 aliphatic heterocycles. The molecule has 1 fully saturated rings. The van der Waals surface area contributed by atoms with Crippen molar-refractivity contribution in [3.63, 3.8) is 0 Å². The normalized spacial score (nSPS) is 36.8. The largest absolute Gasteiger partial charge is 0.384 e. The van der Waals surface area contributed by atoms with E-state index in [0.717, 1.165) is 19.1 Å². The molecule has 0 aromatic carbocycles. The fourth-order valence-electron chi connectivity index (χ4n) is 1.96. The smallest absolute Gasteiger partial charge is 0.0575 e. The van der Waals surface area contributed by atoms with Crippen LogP contribution in [-0.2, 0) is 9.47 Å². The third kappa shape index (κ3) is 2.46. The highest BCUT2D eigenvalue weighted by Crippen LogP contribution is 2.27. The topological polar surface area (TPSA) is 18.5 Å². The van der Waals surface area contributed by atoms with Gasteiger partial charge in [-0.1, -0.05) is 13.3 Å². The SMILES string of the molecule is CC[C@H]1CC(COC)CO[C@H]1C. The Labute approximate surface area is 75.2 Å². The van der Waals surface area contributed by atoms with Crippen molar-refractivity contribution in [2.45, 2.75) is 32.8 Å². The van der Waals surface area contributed by atoms with Crippen LogP contribution in [0.5, 0.6) is 0 Å². The molecule has 0 bridgehead atoms. The van der Waals surface area contributed by atoms with E-state index in [9.17, 15) is 0 Å². The zero-order chi connectivity index (χ0) is 8.97. The van der Waals surface area contributed by atoms with Gasteiger partial charge < -0.3 is 9.47 Å². The number of hydrogen-bond acceptors (Lipinski definition) is 2. The van der Waals surface area contributed by atoms with Gasteiger partial charge in [-0.15, -0.1) is 0 Å². The number of ether oxygens (including phenoxy) is 2. The molecule has 3 atom stereocenters. The zero-order valence-corrected chi connectivity index (χ0v) is 8.38. The molecule has 0 aromatic heterocycles. The van der Waals surface area contributed by atoms with Crippen LogP contribution in [0.2, 0.25) is 0 Å². The average Bonchev–Trinajstić information content (AvgIpc) is 2.09. The molecule has 72 valence electrons. The van der Waals surface area contributed by atoms with Crippen LogP contribution in [0.25, 0.3) is 0 Å². The molecule has 0 saturated carbocycles. The summed E-state index contributed by atoms with van der Waals surface area (Å²) in [6, 6.07) is 0. The van der Waals surface area contributed by atoms with Crippen molar-refractivity contribution in [1.82, 2.24) is 0 Å². The Bertz CT molecular complexity index is 125. The van der Waals surface area contributed by atoms with E-state index < -0.39 is 0 Å². The highest BCUT2D eigenvalue weighted by atomic mass is 16.5. The van der Waals surface area contributed by atoms with E-state index in [-0.39, 0.29) is 0 Å². The first-order chi connectivity index (χ1) is 5.77. The van der Waals surface area contributed by atoms with Crippen LogP contribution >= 0.6 is 0 Å². The van der Waals surface area contributed by atoms with Crippen LogP contribution in [0.15, 0.2) is 0 Å². The van der Waals surface area contributed by atoms with Crippen LogP contribution in [0.4, 0.5) is 0 Å². The minimum Gasteiger partial charge on any atom is -0.384 e. The summed E-state index contributed by atoms with van der Waals surface area (Å²) in [7, 11) is 1.76. The van der Waals surface area contributed by atoms with Crippen molar-refractivity contribution < 1.29 is 9.47 Å². The molecule has 1 rings (SSSR count). The molecule has 1 heterocycles. The number of rotatable bonds is 3. The average molecular weight is 172 g/mol. The fraction of sp³-hybridized carbons (Fsp3) is 1.00. The van der Waals surface area contributed by atoms with Crippen molar-refractivity contribution in [2.75, 3.05) is 20.3 Å². The second-order valence-electron chi connectivity index (χ2n) is 3.76. The molecule has 12 heavy (non-hydrogen) atoms. The van der Waals surface area contributed by atoms with Gasteiger partial charge in [-0.3, -0.25) is 0 Å². The Morgan fingerprint density at radius 1 is 1.50 bits per heavy atom. The van der Waals surface area contributed by atoms with Gasteiger partial charge in [0.25, 0.3) is 0 Å². The van der Waals surface area contributed by atoms with Crippen molar-refractivity contribution in [3.8, 4) is 0 Å². The molecule has 0 aliphatic carbocycles. The third-order valence-corrected chi connectivity index (χ3v) is 2.82. The first-order valence-electron chi connectivity index (χ1n) is 4.88. The molecule has 1 saturated heterocycles. The maximum Gasteiger partial charge on any atom is 0.0575 e. The summed E-state index contributed by atoms with van der Waals surface area (Å²) < 4.78 is 10.8. The summed E-state index contributed by atoms with van der Waals surface area (Å²) in [6.45, 7) is 6.14. The molecular formula is C10H20O2. The summed E-state index contributed by atoms with van der Waals surface area (Å²) in [5, 5.41) is 0. The van der Waals surface area contributed by atoms with E-state index >= 15 is 0 Å². The Morgan fingerprint density at radius 3 is 2.83 bits per heavy atom. The van der Waals surface area contributed by atoms with Crippen molar-refractivity contribution in [2.24, 2.45) is 11.8 Å². The van der Waals surface area contributed by atoms with Crippen LogP contribution in [0.3, 0.4) is 0 Å². The monoisotopic (exact) mass is 172 g/mol. The maximum atomic E-state index is 5.67. The lowest BCUT2D eigenvalue weighted by Crippen LogP contribution is -2.34. The summed E-state index contributed by atoms with van der Waals surface area (Å²) >= 11 is 0. The fourth-order valence-corrected chi connectivity index (χ4v) is 1.96. The molecule has 2 heteroatoms. The van der Waals surface area contributed by atoms with E-state index in [0.29, 0.717) is 12.0 Å². The summed E-state index contributed by atoms with van der Waals surface area (Å²) in [6.07, 6.45) is 2.94. The first kappa shape index (κ1) is 10.0. The van der Waals surface area contributed by atoms with Crippen LogP contribution in [0, 0.1) is 11.8 Å². The highest BCUT2D eigenvalue weighted by Gasteiger charge is 2.26. The summed E-state index contributed by atoms with van der Waals surface area (Å²) in [4.78, 5) is 0. The Hall–Kier alpha value is -0.0800. The van der Waals surface area contributed by atoms with Gasteiger partial charge in [0.2, 0.25) is 0 Å². The van der Waals surface area contributed by atoms with E-state index in [2.05, 4.69) is 13.8 Å². The Kier molecular flexibility index (Phi) is 4.02. The van der Waals surface area contributed by atoms with Gasteiger partial charge >= 0.3 is 0 Å². The van der Waals surface area contributed by atoms with Crippen molar-refractivity contribution in [1.29, 1.82) is 0 Å². The quantitative estimate of drug-likeness (QED) is 0.649. The predicted octanol–water partition coefficient (Wildman–Crippen LogP) is 2.08. The van der Waals surface area contributed by atoms with E-state index in [1.165, 1.54) is 12.8 Å². The number of hydrogen-bond donors (Lipinski definition) is 0. The summed E-state index contributed by atoms with van der Waals surface area (Å²) in [5.41, 5.74) is 0. The molecule has 1 aliphatic rings. The standard InChI is InChI=1S/C10H20O2/c1-4-10-5-9(6-11-3)7-12-8(10)2/h8-10H,4-7H2,1-3H3/t8-,9?,10-/m0/s1. The predicted molar refractivity (Wildman–Crippen MR) is 49.2 cm³/mol. The molecule has 0 amide bonds. The minimum atomic E-state index is 0.447. The third-order valence-electron chi connectivity index (χ3n) is 2.82. The van der Waals surface area contributed by atoms with Gasteiger partial charge in [0.05, 0.1) is 19.3 Å². The summed E-state index contributed by atoms with van der Waals surface area (Å²) in [5.74, 6) is 1.36. The Morgan fingerprint density at radius 2 is 2.25 bits per heavy atom. The maximum absolute atomic E-state index is 5.67. The van der Waals surface area contributed by atoms with Crippen LogP contribution in [-0.4, -0.2) is 26.4 Å². The Balaban J connectivity index is 2.33. The second-order valence-corrected chi connectivity index (χ2v) is 3.76. The molecule has 0 radical (unpaired) electrons. The van der Waals surface area contributed by atoms with Crippen molar-refractivity contribution >= 4 is 0 Å². The highest BCUT2D eigenvalue weighted by molar-refractivity contribution is 4.75. The van der Waals surface area contributed by atoms with Gasteiger partial charge in [0.1, 0.15) is 0 Å². The van der Waals surface area contributed by atoms with Crippen LogP contribution in [0.1, 0.15) is 26.7 Å². The van der Waals surface area contributed by atoms with Gasteiger partial charge in [-0.2, -0.15) is 0 Å². The van der Waals surface area contributed by atoms with Crippen molar-refractivity contribution in [3.05, 3.63) is 0 Å². The molecular weight excluding hydrogens is 152 g/mol. The molecule has 2 nitrogen and oxygen atoms in total. The minimum absolute atomic E-state index is 0.447. The van der Waals surface area contributed by atoms with Gasteiger partial charge in [0, 0.05) is 13.0 Å². The zero-order valence-electron chi connectivity index (χ0n) is 8.38. The molecule has 1 unspecified atom stereocenters. The lowest BCUT2D eigenvalue weighted by molar-refractivity contribution is -0.0635. The molecule has 0 spiro atoms. The van der Waals surface area contributed by atoms with Gasteiger partial charge in [-0.25, -0.2) is 0 Å².